The van der Waals surface area contributed by atoms with E-state index in [1.807, 2.05) is 10.6 Å². The van der Waals surface area contributed by atoms with Crippen LogP contribution in [0.5, 0.6) is 0 Å². The fourth-order valence-electron chi connectivity index (χ4n) is 3.32. The van der Waals surface area contributed by atoms with E-state index in [2.05, 4.69) is 47.4 Å². The van der Waals surface area contributed by atoms with E-state index >= 15 is 0 Å². The van der Waals surface area contributed by atoms with Gasteiger partial charge >= 0.3 is 0 Å². The summed E-state index contributed by atoms with van der Waals surface area (Å²) in [6.45, 7) is 8.86. The van der Waals surface area contributed by atoms with Crippen LogP contribution in [0.1, 0.15) is 56.7 Å². The first-order valence-electron chi connectivity index (χ1n) is 9.63. The topological polar surface area (TPSA) is 59.8 Å². The van der Waals surface area contributed by atoms with Crippen LogP contribution in [0, 0.1) is 0 Å². The summed E-state index contributed by atoms with van der Waals surface area (Å²) in [6.07, 6.45) is 7.76. The average molecular weight is 405 g/mol. The monoisotopic (exact) mass is 404 g/mol. The van der Waals surface area contributed by atoms with Crippen LogP contribution in [0.2, 0.25) is 0 Å². The molecule has 1 aliphatic rings. The van der Waals surface area contributed by atoms with Gasteiger partial charge in [0, 0.05) is 28.4 Å². The molecule has 0 bridgehead atoms. The zero-order valence-electron chi connectivity index (χ0n) is 16.1. The third-order valence-electron chi connectivity index (χ3n) is 4.78. The molecule has 2 aromatic rings. The number of thioether (sulfide) groups is 1. The Labute approximate surface area is 169 Å². The van der Waals surface area contributed by atoms with Crippen LogP contribution < -0.4 is 5.32 Å². The van der Waals surface area contributed by atoms with Gasteiger partial charge in [0.05, 0.1) is 5.75 Å². The fourth-order valence-corrected chi connectivity index (χ4v) is 4.98. The van der Waals surface area contributed by atoms with Gasteiger partial charge in [0.25, 0.3) is 0 Å². The van der Waals surface area contributed by atoms with Gasteiger partial charge in [-0.25, -0.2) is 0 Å². The Morgan fingerprint density at radius 3 is 2.85 bits per heavy atom. The summed E-state index contributed by atoms with van der Waals surface area (Å²) in [5, 5.41) is 14.8. The zero-order chi connectivity index (χ0) is 19.2. The molecule has 2 heterocycles. The Kier molecular flexibility index (Phi) is 7.13. The smallest absolute Gasteiger partial charge is 0.230 e. The van der Waals surface area contributed by atoms with Crippen molar-refractivity contribution in [1.82, 2.24) is 20.1 Å². The summed E-state index contributed by atoms with van der Waals surface area (Å²) >= 11 is 3.19. The van der Waals surface area contributed by atoms with Crippen LogP contribution in [0.3, 0.4) is 0 Å². The van der Waals surface area contributed by atoms with E-state index in [4.69, 9.17) is 0 Å². The minimum atomic E-state index is 0.0826. The second-order valence-electron chi connectivity index (χ2n) is 7.29. The van der Waals surface area contributed by atoms with Crippen molar-refractivity contribution in [3.05, 3.63) is 29.0 Å². The van der Waals surface area contributed by atoms with Crippen molar-refractivity contribution in [2.45, 2.75) is 69.6 Å². The minimum Gasteiger partial charge on any atom is -0.353 e. The average Bonchev–Trinajstić information content (AvgIpc) is 3.28. The highest BCUT2D eigenvalue weighted by Gasteiger charge is 2.19. The maximum absolute atomic E-state index is 12.3. The number of aromatic nitrogens is 3. The van der Waals surface area contributed by atoms with Gasteiger partial charge in [-0.2, -0.15) is 0 Å². The maximum atomic E-state index is 12.3. The van der Waals surface area contributed by atoms with E-state index in [-0.39, 0.29) is 5.91 Å². The number of hydrogen-bond donors (Lipinski definition) is 1. The third kappa shape index (κ3) is 5.23. The highest BCUT2D eigenvalue weighted by molar-refractivity contribution is 7.99. The Hall–Kier alpha value is -1.60. The molecule has 0 unspecified atom stereocenters. The normalized spacial score (nSPS) is 15.2. The van der Waals surface area contributed by atoms with E-state index in [1.165, 1.54) is 35.9 Å². The second kappa shape index (κ2) is 9.55. The van der Waals surface area contributed by atoms with E-state index in [1.54, 1.807) is 11.3 Å². The van der Waals surface area contributed by atoms with Gasteiger partial charge in [0.2, 0.25) is 5.91 Å². The molecule has 0 radical (unpaired) electrons. The lowest BCUT2D eigenvalue weighted by Gasteiger charge is -2.22. The first kappa shape index (κ1) is 20.1. The molecule has 0 aliphatic heterocycles. The number of nitrogens with zero attached hydrogens (tertiary/aromatic N) is 3. The predicted molar refractivity (Wildman–Crippen MR) is 113 cm³/mol. The molecule has 0 aromatic carbocycles. The fraction of sp³-hybridized carbons (Fsp3) is 0.550. The summed E-state index contributed by atoms with van der Waals surface area (Å²) in [5.74, 6) is 1.79. The quantitative estimate of drug-likeness (QED) is 0.504. The van der Waals surface area contributed by atoms with E-state index in [9.17, 15) is 4.79 Å². The molecule has 146 valence electrons. The van der Waals surface area contributed by atoms with Crippen molar-refractivity contribution in [2.75, 3.05) is 5.75 Å². The lowest BCUT2D eigenvalue weighted by Crippen LogP contribution is -2.37. The molecule has 3 rings (SSSR count). The van der Waals surface area contributed by atoms with Crippen LogP contribution in [0.4, 0.5) is 0 Å². The summed E-state index contributed by atoms with van der Waals surface area (Å²) in [7, 11) is 0. The first-order chi connectivity index (χ1) is 13.1. The van der Waals surface area contributed by atoms with Crippen molar-refractivity contribution in [3.8, 4) is 11.4 Å². The molecule has 2 aromatic heterocycles. The molecule has 27 heavy (non-hydrogen) atoms. The molecule has 5 nitrogen and oxygen atoms in total. The lowest BCUT2D eigenvalue weighted by atomic mass is 9.95. The molecule has 0 saturated heterocycles. The zero-order valence-corrected chi connectivity index (χ0v) is 17.7. The number of carbonyl (C=O) groups is 1. The van der Waals surface area contributed by atoms with Crippen molar-refractivity contribution >= 4 is 29.0 Å². The van der Waals surface area contributed by atoms with E-state index in [0.717, 1.165) is 29.4 Å². The number of nitrogens with one attached hydrogen (secondary N) is 1. The van der Waals surface area contributed by atoms with Gasteiger partial charge in [-0.1, -0.05) is 50.9 Å². The number of rotatable bonds is 8. The van der Waals surface area contributed by atoms with Crippen LogP contribution in [0.15, 0.2) is 29.3 Å². The third-order valence-corrected chi connectivity index (χ3v) is 6.98. The van der Waals surface area contributed by atoms with Crippen molar-refractivity contribution in [2.24, 2.45) is 0 Å². The number of carbonyl (C=O) groups excluding carboxylic acids is 1. The van der Waals surface area contributed by atoms with Gasteiger partial charge in [0.1, 0.15) is 0 Å². The van der Waals surface area contributed by atoms with Crippen LogP contribution in [-0.4, -0.2) is 32.5 Å². The Morgan fingerprint density at radius 2 is 2.19 bits per heavy atom. The Balaban J connectivity index is 1.67. The lowest BCUT2D eigenvalue weighted by molar-refractivity contribution is -0.119. The molecule has 1 fully saturated rings. The second-order valence-corrected chi connectivity index (χ2v) is 9.17. The molecule has 1 saturated carbocycles. The summed E-state index contributed by atoms with van der Waals surface area (Å²) in [5.41, 5.74) is 1.08. The van der Waals surface area contributed by atoms with Gasteiger partial charge in [-0.05, 0) is 24.8 Å². The highest BCUT2D eigenvalue weighted by atomic mass is 32.2. The minimum absolute atomic E-state index is 0.0826. The van der Waals surface area contributed by atoms with Gasteiger partial charge in [-0.15, -0.1) is 28.1 Å². The van der Waals surface area contributed by atoms with Crippen LogP contribution in [-0.2, 0) is 11.3 Å². The molecule has 0 atom stereocenters. The number of allylic oxidation sites excluding steroid dienone is 1. The Morgan fingerprint density at radius 1 is 1.41 bits per heavy atom. The van der Waals surface area contributed by atoms with Crippen molar-refractivity contribution in [3.63, 3.8) is 0 Å². The molecular formula is C20H28N4OS2. The highest BCUT2D eigenvalue weighted by Crippen LogP contribution is 2.31. The maximum Gasteiger partial charge on any atom is 0.230 e. The largest absolute Gasteiger partial charge is 0.353 e. The van der Waals surface area contributed by atoms with Crippen molar-refractivity contribution < 1.29 is 4.79 Å². The van der Waals surface area contributed by atoms with E-state index < -0.39 is 0 Å². The standard InChI is InChI=1S/C20H28N4OS2/c1-4-10-24-19(15-11-17(14(2)3)26-12-15)22-23-20(24)27-13-18(25)21-16-8-6-5-7-9-16/h4,11-12,14,16H,1,5-10,13H2,2-3H3,(H,21,25). The van der Waals surface area contributed by atoms with Gasteiger partial charge in [-0.3, -0.25) is 9.36 Å². The summed E-state index contributed by atoms with van der Waals surface area (Å²) < 4.78 is 2.04. The Bertz CT molecular complexity index is 775. The summed E-state index contributed by atoms with van der Waals surface area (Å²) in [4.78, 5) is 13.6. The number of hydrogen-bond acceptors (Lipinski definition) is 5. The van der Waals surface area contributed by atoms with Crippen LogP contribution >= 0.6 is 23.1 Å². The first-order valence-corrected chi connectivity index (χ1v) is 11.5. The van der Waals surface area contributed by atoms with Crippen molar-refractivity contribution in [1.29, 1.82) is 0 Å². The number of amides is 1. The SMILES string of the molecule is C=CCn1c(SCC(=O)NC2CCCCC2)nnc1-c1csc(C(C)C)c1. The molecular weight excluding hydrogens is 376 g/mol. The number of thiophene rings is 1. The molecule has 1 amide bonds. The van der Waals surface area contributed by atoms with Crippen LogP contribution in [0.25, 0.3) is 11.4 Å². The predicted octanol–water partition coefficient (Wildman–Crippen LogP) is 4.86. The molecule has 1 N–H and O–H groups in total. The molecule has 7 heteroatoms. The molecule has 0 spiro atoms. The summed E-state index contributed by atoms with van der Waals surface area (Å²) in [6, 6.07) is 2.53. The van der Waals surface area contributed by atoms with Gasteiger partial charge in [0.15, 0.2) is 11.0 Å². The van der Waals surface area contributed by atoms with E-state index in [0.29, 0.717) is 24.3 Å². The van der Waals surface area contributed by atoms with Gasteiger partial charge < -0.3 is 5.32 Å². The molecule has 1 aliphatic carbocycles.